The maximum Gasteiger partial charge on any atom is 0.163 e. The molecule has 0 amide bonds. The molecule has 1 aliphatic carbocycles. The van der Waals surface area contributed by atoms with Gasteiger partial charge in [-0.1, -0.05) is 57.2 Å². The van der Waals surface area contributed by atoms with E-state index in [9.17, 15) is 14.6 Å². The fourth-order valence-corrected chi connectivity index (χ4v) is 4.45. The van der Waals surface area contributed by atoms with Gasteiger partial charge in [0.1, 0.15) is 17.9 Å². The number of allylic oxidation sites excluding steroid dienone is 2. The number of hydrogen-bond donors (Lipinski definition) is 4. The third-order valence-electron chi connectivity index (χ3n) is 7.22. The molecule has 0 saturated heterocycles. The minimum atomic E-state index is -1.07. The first-order chi connectivity index (χ1) is 18.2. The second-order valence-corrected chi connectivity index (χ2v) is 9.86. The van der Waals surface area contributed by atoms with Crippen molar-refractivity contribution in [2.75, 3.05) is 46.8 Å². The molecule has 0 radical (unpaired) electrons. The molecule has 2 aliphatic rings. The quantitative estimate of drug-likeness (QED) is 0.274. The topological polar surface area (TPSA) is 86.6 Å². The summed E-state index contributed by atoms with van der Waals surface area (Å²) in [6.45, 7) is 13.0. The van der Waals surface area contributed by atoms with Gasteiger partial charge < -0.3 is 20.4 Å². The molecule has 4 N–H and O–H groups in total. The number of hydrogen-bond acceptors (Lipinski definition) is 8. The van der Waals surface area contributed by atoms with E-state index in [0.717, 1.165) is 38.2 Å². The maximum atomic E-state index is 13.8. The lowest BCUT2D eigenvalue weighted by Crippen LogP contribution is -2.51. The molecule has 0 saturated carbocycles. The average molecular weight is 533 g/mol. The smallest absolute Gasteiger partial charge is 0.163 e. The third-order valence-corrected chi connectivity index (χ3v) is 7.22. The largest absolute Gasteiger partial charge is 0.377 e. The third kappa shape index (κ3) is 9.55. The van der Waals surface area contributed by atoms with Crippen molar-refractivity contribution < 1.29 is 14.6 Å². The highest BCUT2D eigenvalue weighted by Crippen LogP contribution is 2.28. The Labute approximate surface area is 228 Å². The van der Waals surface area contributed by atoms with E-state index in [2.05, 4.69) is 48.2 Å². The maximum absolute atomic E-state index is 13.8. The Bertz CT molecular complexity index is 894. The number of likely N-dealkylation sites (N-methyl/N-ethyl adjacent to an activating group) is 2. The van der Waals surface area contributed by atoms with Crippen molar-refractivity contribution in [1.82, 2.24) is 25.3 Å². The van der Waals surface area contributed by atoms with Crippen LogP contribution in [-0.4, -0.2) is 108 Å². The highest BCUT2D eigenvalue weighted by atomic mass is 19.1. The van der Waals surface area contributed by atoms with Gasteiger partial charge in [-0.15, -0.1) is 0 Å². The Morgan fingerprint density at radius 2 is 1.82 bits per heavy atom. The summed E-state index contributed by atoms with van der Waals surface area (Å²) in [6.07, 6.45) is 4.00. The van der Waals surface area contributed by atoms with Crippen molar-refractivity contribution in [2.45, 2.75) is 71.2 Å². The number of nitrogens with zero attached hydrogens (tertiary/aromatic N) is 4. The fourth-order valence-electron chi connectivity index (χ4n) is 4.45. The molecule has 5 atom stereocenters. The minimum absolute atomic E-state index is 0.153. The Kier molecular flexibility index (Phi) is 14.1. The Morgan fingerprint density at radius 1 is 1.13 bits per heavy atom. The molecule has 1 heterocycles. The van der Waals surface area contributed by atoms with Crippen molar-refractivity contribution in [3.63, 3.8) is 0 Å². The van der Waals surface area contributed by atoms with Gasteiger partial charge in [0.2, 0.25) is 0 Å². The number of fused-ring (bicyclic) bond motifs is 1. The summed E-state index contributed by atoms with van der Waals surface area (Å²) in [6, 6.07) is 9.91. The summed E-state index contributed by atoms with van der Waals surface area (Å²) in [4.78, 5) is 10.9. The number of rotatable bonds is 14. The molecule has 0 spiro atoms. The number of halogens is 1. The molecule has 0 aromatic heterocycles. The minimum Gasteiger partial charge on any atom is -0.377 e. The van der Waals surface area contributed by atoms with Gasteiger partial charge in [0.25, 0.3) is 0 Å². The van der Waals surface area contributed by atoms with Gasteiger partial charge in [0.05, 0.1) is 12.1 Å². The van der Waals surface area contributed by atoms with Crippen molar-refractivity contribution in [1.29, 1.82) is 0 Å². The van der Waals surface area contributed by atoms with Crippen LogP contribution in [0.3, 0.4) is 0 Å². The molecule has 0 bridgehead atoms. The summed E-state index contributed by atoms with van der Waals surface area (Å²) < 4.78 is 13.8. The van der Waals surface area contributed by atoms with E-state index in [1.165, 1.54) is 12.2 Å². The number of benzene rings is 1. The van der Waals surface area contributed by atoms with E-state index >= 15 is 0 Å². The molecule has 0 fully saturated rings. The van der Waals surface area contributed by atoms with Gasteiger partial charge >= 0.3 is 0 Å². The van der Waals surface area contributed by atoms with Gasteiger partial charge in [-0.3, -0.25) is 20.1 Å². The molecule has 8 nitrogen and oxygen atoms in total. The summed E-state index contributed by atoms with van der Waals surface area (Å²) in [5.74, 6) is 0.141. The van der Waals surface area contributed by atoms with Crippen LogP contribution in [0.1, 0.15) is 39.7 Å². The predicted octanol–water partition coefficient (Wildman–Crippen LogP) is 2.57. The molecule has 3 rings (SSSR count). The second kappa shape index (κ2) is 16.7. The van der Waals surface area contributed by atoms with E-state index in [1.54, 1.807) is 6.08 Å². The first kappa shape index (κ1) is 32.1. The first-order valence-electron chi connectivity index (χ1n) is 13.9. The van der Waals surface area contributed by atoms with Crippen LogP contribution in [0.2, 0.25) is 0 Å². The van der Waals surface area contributed by atoms with Crippen LogP contribution in [0, 0.1) is 0 Å². The van der Waals surface area contributed by atoms with Crippen molar-refractivity contribution in [2.24, 2.45) is 4.99 Å². The summed E-state index contributed by atoms with van der Waals surface area (Å²) in [7, 11) is 3.81. The van der Waals surface area contributed by atoms with Crippen LogP contribution in [-0.2, 0) is 6.54 Å². The van der Waals surface area contributed by atoms with Crippen LogP contribution in [0.4, 0.5) is 4.39 Å². The van der Waals surface area contributed by atoms with E-state index in [4.69, 9.17) is 0 Å². The number of aliphatic hydroxyl groups is 2. The molecule has 9 heteroatoms. The first-order valence-corrected chi connectivity index (χ1v) is 13.9. The lowest BCUT2D eigenvalue weighted by atomic mass is 10.0. The summed E-state index contributed by atoms with van der Waals surface area (Å²) >= 11 is 0. The Hall–Kier alpha value is -2.14. The molecule has 1 aromatic rings. The highest BCUT2D eigenvalue weighted by molar-refractivity contribution is 5.89. The standard InChI is InChI=1S/C26H40FN5O2.C3H9N/c1-5-19(3)31(6-2)15-14-30(4)24(33)17-28-26(34)25-29-22-16-21(27)12-13-23(22)32(25)18-20-10-8-7-9-11-20;1-3-4-2/h7-13,16,19,22-24,26,28,33-34H,5-6,14-15,17-18H2,1-4H3;4H,3H2,1-2H3. The fraction of sp³-hybridized carbons (Fsp3) is 0.621. The van der Waals surface area contributed by atoms with Crippen LogP contribution in [0.25, 0.3) is 0 Å². The van der Waals surface area contributed by atoms with Crippen molar-refractivity contribution in [3.05, 3.63) is 60.0 Å². The molecule has 214 valence electrons. The zero-order chi connectivity index (χ0) is 28.1. The van der Waals surface area contributed by atoms with Gasteiger partial charge in [0, 0.05) is 32.2 Å². The van der Waals surface area contributed by atoms with Crippen molar-refractivity contribution >= 4 is 5.84 Å². The van der Waals surface area contributed by atoms with E-state index in [-0.39, 0.29) is 24.5 Å². The van der Waals surface area contributed by atoms with Gasteiger partial charge in [0.15, 0.2) is 6.23 Å². The second-order valence-electron chi connectivity index (χ2n) is 9.86. The van der Waals surface area contributed by atoms with Crippen molar-refractivity contribution in [3.8, 4) is 0 Å². The lowest BCUT2D eigenvalue weighted by Gasteiger charge is -2.32. The van der Waals surface area contributed by atoms with Gasteiger partial charge in [-0.05, 0) is 58.2 Å². The SMILES string of the molecule is CCC(C)N(CC)CCN(C)C(O)CNC(O)C1=NC2C=C(F)C=CC2N1Cc1ccccc1.CCNC. The zero-order valence-electron chi connectivity index (χ0n) is 24.0. The van der Waals surface area contributed by atoms with Crippen LogP contribution in [0.5, 0.6) is 0 Å². The van der Waals surface area contributed by atoms with Gasteiger partial charge in [-0.2, -0.15) is 0 Å². The van der Waals surface area contributed by atoms with Crippen LogP contribution < -0.4 is 10.6 Å². The van der Waals surface area contributed by atoms with Crippen LogP contribution >= 0.6 is 0 Å². The molecule has 5 unspecified atom stereocenters. The molecular formula is C29H49FN6O2. The Morgan fingerprint density at radius 3 is 2.42 bits per heavy atom. The summed E-state index contributed by atoms with van der Waals surface area (Å²) in [5.41, 5.74) is 1.08. The van der Waals surface area contributed by atoms with E-state index < -0.39 is 12.5 Å². The number of nitrogens with one attached hydrogen (secondary N) is 2. The molecule has 38 heavy (non-hydrogen) atoms. The predicted molar refractivity (Wildman–Crippen MR) is 155 cm³/mol. The number of amidine groups is 1. The average Bonchev–Trinajstić information content (AvgIpc) is 3.29. The monoisotopic (exact) mass is 532 g/mol. The molecular weight excluding hydrogens is 483 g/mol. The number of aliphatic imine (C=N–C) groups is 1. The highest BCUT2D eigenvalue weighted by Gasteiger charge is 2.38. The number of aliphatic hydroxyl groups excluding tert-OH is 2. The van der Waals surface area contributed by atoms with E-state index in [0.29, 0.717) is 18.4 Å². The Balaban J connectivity index is 0.00000118. The molecule has 1 aromatic carbocycles. The normalized spacial score (nSPS) is 21.0. The lowest BCUT2D eigenvalue weighted by molar-refractivity contribution is 0.00726. The van der Waals surface area contributed by atoms with Crippen LogP contribution in [0.15, 0.2) is 59.4 Å². The molecule has 1 aliphatic heterocycles. The zero-order valence-corrected chi connectivity index (χ0v) is 24.0. The van der Waals surface area contributed by atoms with E-state index in [1.807, 2.05) is 54.2 Å². The summed E-state index contributed by atoms with van der Waals surface area (Å²) in [5, 5.41) is 27.5. The van der Waals surface area contributed by atoms with Gasteiger partial charge in [-0.25, -0.2) is 4.39 Å².